The predicted octanol–water partition coefficient (Wildman–Crippen LogP) is 1.29. The van der Waals surface area contributed by atoms with E-state index in [1.165, 1.54) is 5.57 Å². The van der Waals surface area contributed by atoms with Crippen LogP contribution in [0.5, 0.6) is 0 Å². The zero-order valence-corrected chi connectivity index (χ0v) is 7.74. The second-order valence-electron chi connectivity index (χ2n) is 3.84. The molecular formula is C10H12O3. The number of fused-ring (bicyclic) bond motifs is 1. The van der Waals surface area contributed by atoms with Gasteiger partial charge in [-0.25, -0.2) is 0 Å². The Morgan fingerprint density at radius 3 is 2.77 bits per heavy atom. The second kappa shape index (κ2) is 2.69. The average molecular weight is 180 g/mol. The van der Waals surface area contributed by atoms with Crippen molar-refractivity contribution < 1.29 is 14.3 Å². The van der Waals surface area contributed by atoms with Gasteiger partial charge in [0.15, 0.2) is 0 Å². The minimum atomic E-state index is -0.342. The SMILES string of the molecule is CC1=CCC2C(=O)OC(=O)C2C1C. The number of rotatable bonds is 0. The lowest BCUT2D eigenvalue weighted by Crippen LogP contribution is -2.28. The molecule has 70 valence electrons. The van der Waals surface area contributed by atoms with E-state index in [2.05, 4.69) is 4.74 Å². The summed E-state index contributed by atoms with van der Waals surface area (Å²) in [5, 5.41) is 0. The fourth-order valence-corrected chi connectivity index (χ4v) is 2.13. The minimum absolute atomic E-state index is 0.151. The normalized spacial score (nSPS) is 38.3. The van der Waals surface area contributed by atoms with E-state index in [-0.39, 0.29) is 29.7 Å². The summed E-state index contributed by atoms with van der Waals surface area (Å²) in [6.45, 7) is 3.97. The molecule has 2 aliphatic rings. The number of carbonyl (C=O) groups is 2. The molecule has 1 aliphatic carbocycles. The molecule has 0 saturated carbocycles. The van der Waals surface area contributed by atoms with Crippen molar-refractivity contribution in [2.75, 3.05) is 0 Å². The van der Waals surface area contributed by atoms with Gasteiger partial charge in [0.25, 0.3) is 0 Å². The highest BCUT2D eigenvalue weighted by atomic mass is 16.6. The molecule has 1 saturated heterocycles. The van der Waals surface area contributed by atoms with E-state index in [1.807, 2.05) is 19.9 Å². The lowest BCUT2D eigenvalue weighted by atomic mass is 9.74. The van der Waals surface area contributed by atoms with E-state index in [0.29, 0.717) is 6.42 Å². The van der Waals surface area contributed by atoms with Crippen LogP contribution in [0.3, 0.4) is 0 Å². The summed E-state index contributed by atoms with van der Waals surface area (Å²) in [5.41, 5.74) is 1.19. The predicted molar refractivity (Wildman–Crippen MR) is 45.6 cm³/mol. The molecule has 3 heteroatoms. The minimum Gasteiger partial charge on any atom is -0.393 e. The van der Waals surface area contributed by atoms with Crippen LogP contribution in [0.1, 0.15) is 20.3 Å². The summed E-state index contributed by atoms with van der Waals surface area (Å²) in [4.78, 5) is 22.5. The summed E-state index contributed by atoms with van der Waals surface area (Å²) < 4.78 is 4.62. The Balaban J connectivity index is 2.35. The van der Waals surface area contributed by atoms with Gasteiger partial charge in [-0.05, 0) is 19.3 Å². The molecule has 1 fully saturated rings. The summed E-state index contributed by atoms with van der Waals surface area (Å²) in [5.74, 6) is -0.970. The van der Waals surface area contributed by atoms with Crippen LogP contribution < -0.4 is 0 Å². The zero-order chi connectivity index (χ0) is 9.59. The van der Waals surface area contributed by atoms with Crippen molar-refractivity contribution in [3.63, 3.8) is 0 Å². The van der Waals surface area contributed by atoms with Crippen LogP contribution in [0.25, 0.3) is 0 Å². The van der Waals surface area contributed by atoms with Crippen molar-refractivity contribution in [1.29, 1.82) is 0 Å². The van der Waals surface area contributed by atoms with Crippen LogP contribution in [-0.4, -0.2) is 11.9 Å². The maximum absolute atomic E-state index is 11.3. The molecule has 3 unspecified atom stereocenters. The molecule has 1 heterocycles. The number of carbonyl (C=O) groups excluding carboxylic acids is 2. The monoisotopic (exact) mass is 180 g/mol. The summed E-state index contributed by atoms with van der Waals surface area (Å²) in [6, 6.07) is 0. The third-order valence-corrected chi connectivity index (χ3v) is 3.16. The first-order valence-corrected chi connectivity index (χ1v) is 4.53. The molecule has 3 nitrogen and oxygen atoms in total. The van der Waals surface area contributed by atoms with E-state index in [1.54, 1.807) is 0 Å². The van der Waals surface area contributed by atoms with Crippen LogP contribution in [-0.2, 0) is 14.3 Å². The largest absolute Gasteiger partial charge is 0.393 e. The molecule has 13 heavy (non-hydrogen) atoms. The Kier molecular flexibility index (Phi) is 1.75. The van der Waals surface area contributed by atoms with Crippen LogP contribution in [0, 0.1) is 17.8 Å². The van der Waals surface area contributed by atoms with Gasteiger partial charge < -0.3 is 4.74 Å². The summed E-state index contributed by atoms with van der Waals surface area (Å²) in [7, 11) is 0. The maximum Gasteiger partial charge on any atom is 0.318 e. The van der Waals surface area contributed by atoms with Gasteiger partial charge in [0.1, 0.15) is 0 Å². The third kappa shape index (κ3) is 1.10. The Hall–Kier alpha value is -1.12. The number of esters is 2. The molecular weight excluding hydrogens is 168 g/mol. The van der Waals surface area contributed by atoms with Gasteiger partial charge in [-0.15, -0.1) is 0 Å². The highest BCUT2D eigenvalue weighted by molar-refractivity contribution is 5.97. The maximum atomic E-state index is 11.3. The standard InChI is InChI=1S/C10H12O3/c1-5-3-4-7-8(6(5)2)10(12)13-9(7)11/h3,6-8H,4H2,1-2H3. The van der Waals surface area contributed by atoms with E-state index in [0.717, 1.165) is 0 Å². The second-order valence-corrected chi connectivity index (χ2v) is 3.84. The smallest absolute Gasteiger partial charge is 0.318 e. The lowest BCUT2D eigenvalue weighted by Gasteiger charge is -2.25. The molecule has 0 N–H and O–H groups in total. The van der Waals surface area contributed by atoms with Crippen molar-refractivity contribution in [3.05, 3.63) is 11.6 Å². The van der Waals surface area contributed by atoms with Crippen LogP contribution in [0.4, 0.5) is 0 Å². The number of allylic oxidation sites excluding steroid dienone is 2. The summed E-state index contributed by atoms with van der Waals surface area (Å²) in [6.07, 6.45) is 2.69. The van der Waals surface area contributed by atoms with Gasteiger partial charge in [-0.2, -0.15) is 0 Å². The van der Waals surface area contributed by atoms with Crippen molar-refractivity contribution >= 4 is 11.9 Å². The van der Waals surface area contributed by atoms with Gasteiger partial charge in [-0.3, -0.25) is 9.59 Å². The number of hydrogen-bond acceptors (Lipinski definition) is 3. The van der Waals surface area contributed by atoms with Crippen LogP contribution in [0.15, 0.2) is 11.6 Å². The first-order chi connectivity index (χ1) is 6.11. The molecule has 3 atom stereocenters. The molecule has 0 bridgehead atoms. The van der Waals surface area contributed by atoms with Gasteiger partial charge in [0.2, 0.25) is 0 Å². The Morgan fingerprint density at radius 1 is 1.38 bits per heavy atom. The van der Waals surface area contributed by atoms with Crippen LogP contribution >= 0.6 is 0 Å². The van der Waals surface area contributed by atoms with Gasteiger partial charge in [-0.1, -0.05) is 18.6 Å². The summed E-state index contributed by atoms with van der Waals surface area (Å²) >= 11 is 0. The number of ether oxygens (including phenoxy) is 1. The Morgan fingerprint density at radius 2 is 2.08 bits per heavy atom. The van der Waals surface area contributed by atoms with Crippen molar-refractivity contribution in [1.82, 2.24) is 0 Å². The average Bonchev–Trinajstić information content (AvgIpc) is 2.35. The number of hydrogen-bond donors (Lipinski definition) is 0. The van der Waals surface area contributed by atoms with E-state index >= 15 is 0 Å². The topological polar surface area (TPSA) is 43.4 Å². The third-order valence-electron chi connectivity index (χ3n) is 3.16. The fourth-order valence-electron chi connectivity index (χ4n) is 2.13. The van der Waals surface area contributed by atoms with Crippen molar-refractivity contribution in [2.24, 2.45) is 17.8 Å². The molecule has 2 rings (SSSR count). The molecule has 0 aromatic rings. The fraction of sp³-hybridized carbons (Fsp3) is 0.600. The Labute approximate surface area is 76.8 Å². The van der Waals surface area contributed by atoms with E-state index in [9.17, 15) is 9.59 Å². The number of cyclic esters (lactones) is 2. The zero-order valence-electron chi connectivity index (χ0n) is 7.74. The van der Waals surface area contributed by atoms with Crippen LogP contribution in [0.2, 0.25) is 0 Å². The first kappa shape index (κ1) is 8.48. The van der Waals surface area contributed by atoms with Crippen molar-refractivity contribution in [2.45, 2.75) is 20.3 Å². The van der Waals surface area contributed by atoms with Crippen molar-refractivity contribution in [3.8, 4) is 0 Å². The molecule has 1 aliphatic heterocycles. The first-order valence-electron chi connectivity index (χ1n) is 4.53. The highest BCUT2D eigenvalue weighted by Crippen LogP contribution is 2.39. The Bertz CT molecular complexity index is 303. The van der Waals surface area contributed by atoms with Gasteiger partial charge in [0, 0.05) is 0 Å². The lowest BCUT2D eigenvalue weighted by molar-refractivity contribution is -0.153. The quantitative estimate of drug-likeness (QED) is 0.320. The molecule has 0 aromatic heterocycles. The molecule has 0 aromatic carbocycles. The van der Waals surface area contributed by atoms with E-state index < -0.39 is 0 Å². The van der Waals surface area contributed by atoms with Gasteiger partial charge >= 0.3 is 11.9 Å². The molecule has 0 radical (unpaired) electrons. The highest BCUT2D eigenvalue weighted by Gasteiger charge is 2.48. The van der Waals surface area contributed by atoms with E-state index in [4.69, 9.17) is 0 Å². The molecule has 0 amide bonds. The van der Waals surface area contributed by atoms with Gasteiger partial charge in [0.05, 0.1) is 11.8 Å². The molecule has 0 spiro atoms.